The monoisotopic (exact) mass is 241 g/mol. The first-order valence-corrected chi connectivity index (χ1v) is 6.21. The van der Waals surface area contributed by atoms with Crippen LogP contribution >= 0.6 is 11.6 Å². The summed E-state index contributed by atoms with van der Waals surface area (Å²) in [6, 6.07) is 2.17. The van der Waals surface area contributed by atoms with Gasteiger partial charge >= 0.3 is 0 Å². The largest absolute Gasteiger partial charge is 0.383 e. The Labute approximate surface area is 102 Å². The van der Waals surface area contributed by atoms with Crippen LogP contribution in [0, 0.1) is 0 Å². The highest BCUT2D eigenvalue weighted by Crippen LogP contribution is 2.25. The van der Waals surface area contributed by atoms with Gasteiger partial charge in [0, 0.05) is 17.8 Å². The lowest BCUT2D eigenvalue weighted by molar-refractivity contribution is 0.495. The van der Waals surface area contributed by atoms with Crippen molar-refractivity contribution in [1.82, 2.24) is 10.3 Å². The second kappa shape index (κ2) is 6.71. The second-order valence-corrected chi connectivity index (χ2v) is 4.32. The van der Waals surface area contributed by atoms with E-state index in [2.05, 4.69) is 24.1 Å². The van der Waals surface area contributed by atoms with Crippen LogP contribution in [0.1, 0.15) is 44.7 Å². The highest BCUT2D eigenvalue weighted by atomic mass is 35.5. The van der Waals surface area contributed by atoms with Crippen LogP contribution in [0.4, 0.5) is 5.82 Å². The van der Waals surface area contributed by atoms with E-state index in [1.807, 2.05) is 6.07 Å². The molecular weight excluding hydrogens is 222 g/mol. The summed E-state index contributed by atoms with van der Waals surface area (Å²) in [7, 11) is 0. The molecule has 0 aliphatic heterocycles. The number of hydrogen-bond donors (Lipinski definition) is 2. The van der Waals surface area contributed by atoms with E-state index in [1.165, 1.54) is 12.8 Å². The van der Waals surface area contributed by atoms with E-state index in [0.29, 0.717) is 10.8 Å². The molecule has 4 heteroatoms. The number of rotatable bonds is 6. The Hall–Kier alpha value is -0.800. The topological polar surface area (TPSA) is 50.9 Å². The van der Waals surface area contributed by atoms with Gasteiger partial charge in [0.2, 0.25) is 0 Å². The van der Waals surface area contributed by atoms with Gasteiger partial charge in [0.25, 0.3) is 0 Å². The fourth-order valence-corrected chi connectivity index (χ4v) is 1.93. The number of nitrogen functional groups attached to an aromatic ring is 1. The van der Waals surface area contributed by atoms with E-state index in [0.717, 1.165) is 18.5 Å². The molecule has 90 valence electrons. The first-order chi connectivity index (χ1) is 7.69. The van der Waals surface area contributed by atoms with Crippen molar-refractivity contribution < 1.29 is 0 Å². The molecule has 1 aromatic rings. The minimum atomic E-state index is 0.260. The number of pyridine rings is 1. The molecule has 0 fully saturated rings. The van der Waals surface area contributed by atoms with Crippen molar-refractivity contribution in [1.29, 1.82) is 0 Å². The van der Waals surface area contributed by atoms with E-state index in [-0.39, 0.29) is 6.04 Å². The van der Waals surface area contributed by atoms with E-state index in [9.17, 15) is 0 Å². The third-order valence-electron chi connectivity index (χ3n) is 2.59. The molecule has 1 atom stereocenters. The summed E-state index contributed by atoms with van der Waals surface area (Å²) in [6.45, 7) is 5.19. The number of aromatic nitrogens is 1. The molecule has 1 unspecified atom stereocenters. The first kappa shape index (κ1) is 13.3. The average Bonchev–Trinajstić information content (AvgIpc) is 2.28. The van der Waals surface area contributed by atoms with E-state index >= 15 is 0 Å². The molecule has 3 nitrogen and oxygen atoms in total. The number of nitrogens with zero attached hydrogens (tertiary/aromatic N) is 1. The van der Waals surface area contributed by atoms with E-state index < -0.39 is 0 Å². The maximum absolute atomic E-state index is 5.95. The Morgan fingerprint density at radius 3 is 2.88 bits per heavy atom. The Bertz CT molecular complexity index is 328. The first-order valence-electron chi connectivity index (χ1n) is 5.83. The van der Waals surface area contributed by atoms with Crippen molar-refractivity contribution in [3.05, 3.63) is 22.8 Å². The summed E-state index contributed by atoms with van der Waals surface area (Å²) in [6.07, 6.45) is 5.00. The summed E-state index contributed by atoms with van der Waals surface area (Å²) in [5, 5.41) is 4.07. The predicted octanol–water partition coefficient (Wildman–Crippen LogP) is 3.16. The highest BCUT2D eigenvalue weighted by Gasteiger charge is 2.14. The molecule has 1 heterocycles. The third kappa shape index (κ3) is 3.65. The van der Waals surface area contributed by atoms with Gasteiger partial charge in [-0.2, -0.15) is 0 Å². The van der Waals surface area contributed by atoms with Crippen molar-refractivity contribution in [3.63, 3.8) is 0 Å². The van der Waals surface area contributed by atoms with E-state index in [1.54, 1.807) is 6.20 Å². The van der Waals surface area contributed by atoms with Crippen LogP contribution < -0.4 is 11.1 Å². The van der Waals surface area contributed by atoms with Crippen LogP contribution in [0.25, 0.3) is 0 Å². The molecule has 1 rings (SSSR count). The third-order valence-corrected chi connectivity index (χ3v) is 2.80. The van der Waals surface area contributed by atoms with Gasteiger partial charge in [-0.15, -0.1) is 0 Å². The molecule has 0 spiro atoms. The van der Waals surface area contributed by atoms with Crippen LogP contribution in [-0.4, -0.2) is 11.5 Å². The number of anilines is 1. The molecule has 0 amide bonds. The van der Waals surface area contributed by atoms with E-state index in [4.69, 9.17) is 17.3 Å². The fourth-order valence-electron chi connectivity index (χ4n) is 1.77. The van der Waals surface area contributed by atoms with Gasteiger partial charge < -0.3 is 11.1 Å². The smallest absolute Gasteiger partial charge is 0.128 e. The zero-order valence-electron chi connectivity index (χ0n) is 9.96. The zero-order valence-corrected chi connectivity index (χ0v) is 10.7. The molecule has 1 aromatic heterocycles. The zero-order chi connectivity index (χ0) is 12.0. The molecular formula is C12H20ClN3. The minimum Gasteiger partial charge on any atom is -0.383 e. The lowest BCUT2D eigenvalue weighted by atomic mass is 10.0. The summed E-state index contributed by atoms with van der Waals surface area (Å²) < 4.78 is 0. The molecule has 16 heavy (non-hydrogen) atoms. The minimum absolute atomic E-state index is 0.260. The predicted molar refractivity (Wildman–Crippen MR) is 69.6 cm³/mol. The Balaban J connectivity index is 2.85. The number of halogens is 1. The summed E-state index contributed by atoms with van der Waals surface area (Å²) in [5.41, 5.74) is 6.90. The molecule has 0 saturated carbocycles. The SMILES string of the molecule is CCCCC(NCC)c1cc(Cl)cnc1N. The molecule has 0 bridgehead atoms. The molecule has 3 N–H and O–H groups in total. The number of nitrogens with two attached hydrogens (primary N) is 1. The van der Waals surface area contributed by atoms with Crippen LogP contribution in [0.2, 0.25) is 5.02 Å². The summed E-state index contributed by atoms with van der Waals surface area (Å²) >= 11 is 5.95. The quantitative estimate of drug-likeness (QED) is 0.805. The lowest BCUT2D eigenvalue weighted by Gasteiger charge is -2.19. The second-order valence-electron chi connectivity index (χ2n) is 3.88. The number of unbranched alkanes of at least 4 members (excludes halogenated alkanes) is 1. The Morgan fingerprint density at radius 1 is 1.50 bits per heavy atom. The Kier molecular flexibility index (Phi) is 5.56. The van der Waals surface area contributed by atoms with Gasteiger partial charge in [0.1, 0.15) is 5.82 Å². The lowest BCUT2D eigenvalue weighted by Crippen LogP contribution is -2.22. The van der Waals surface area contributed by atoms with Crippen molar-refractivity contribution >= 4 is 17.4 Å². The maximum Gasteiger partial charge on any atom is 0.128 e. The number of nitrogens with one attached hydrogen (secondary N) is 1. The molecule has 0 aliphatic carbocycles. The van der Waals surface area contributed by atoms with Crippen molar-refractivity contribution in [2.45, 2.75) is 39.2 Å². The van der Waals surface area contributed by atoms with Gasteiger partial charge in [0.05, 0.1) is 5.02 Å². The van der Waals surface area contributed by atoms with Crippen LogP contribution in [0.3, 0.4) is 0 Å². The van der Waals surface area contributed by atoms with Crippen LogP contribution in [-0.2, 0) is 0 Å². The normalized spacial score (nSPS) is 12.7. The van der Waals surface area contributed by atoms with Crippen LogP contribution in [0.5, 0.6) is 0 Å². The number of hydrogen-bond acceptors (Lipinski definition) is 3. The average molecular weight is 242 g/mol. The molecule has 0 radical (unpaired) electrons. The van der Waals surface area contributed by atoms with Gasteiger partial charge in [-0.25, -0.2) is 4.98 Å². The van der Waals surface area contributed by atoms with Crippen molar-refractivity contribution in [2.24, 2.45) is 0 Å². The molecule has 0 aromatic carbocycles. The fraction of sp³-hybridized carbons (Fsp3) is 0.583. The van der Waals surface area contributed by atoms with Gasteiger partial charge in [-0.3, -0.25) is 0 Å². The van der Waals surface area contributed by atoms with Gasteiger partial charge in [-0.1, -0.05) is 38.3 Å². The Morgan fingerprint density at radius 2 is 2.25 bits per heavy atom. The summed E-state index contributed by atoms with van der Waals surface area (Å²) in [4.78, 5) is 4.10. The standard InChI is InChI=1S/C12H20ClN3/c1-3-5-6-11(15-4-2)10-7-9(13)8-16-12(10)14/h7-8,11,15H,3-6H2,1-2H3,(H2,14,16). The highest BCUT2D eigenvalue weighted by molar-refractivity contribution is 6.30. The van der Waals surface area contributed by atoms with Crippen LogP contribution in [0.15, 0.2) is 12.3 Å². The summed E-state index contributed by atoms with van der Waals surface area (Å²) in [5.74, 6) is 0.575. The maximum atomic E-state index is 5.95. The van der Waals surface area contributed by atoms with Gasteiger partial charge in [0.15, 0.2) is 0 Å². The molecule has 0 aliphatic rings. The van der Waals surface area contributed by atoms with Crippen molar-refractivity contribution in [3.8, 4) is 0 Å². The van der Waals surface area contributed by atoms with Crippen molar-refractivity contribution in [2.75, 3.05) is 12.3 Å². The molecule has 0 saturated heterocycles. The van der Waals surface area contributed by atoms with Gasteiger partial charge in [-0.05, 0) is 19.0 Å².